The van der Waals surface area contributed by atoms with Crippen molar-refractivity contribution < 1.29 is 17.9 Å². The van der Waals surface area contributed by atoms with Gasteiger partial charge in [0.05, 0.1) is 17.7 Å². The Hall–Kier alpha value is -3.53. The number of ether oxygens (including phenoxy) is 1. The smallest absolute Gasteiger partial charge is 0.244 e. The molecule has 1 aromatic heterocycles. The molecule has 2 heterocycles. The van der Waals surface area contributed by atoms with Gasteiger partial charge in [-0.3, -0.25) is 4.79 Å². The number of sulfonamides is 1. The molecule has 0 radical (unpaired) electrons. The van der Waals surface area contributed by atoms with Crippen molar-refractivity contribution in [2.45, 2.75) is 23.8 Å². The Morgan fingerprint density at radius 1 is 0.972 bits per heavy atom. The Morgan fingerprint density at radius 3 is 2.33 bits per heavy atom. The van der Waals surface area contributed by atoms with Gasteiger partial charge in [-0.1, -0.05) is 54.6 Å². The lowest BCUT2D eigenvalue weighted by molar-refractivity contribution is -0.119. The summed E-state index contributed by atoms with van der Waals surface area (Å²) in [5.74, 6) is 0.198. The van der Waals surface area contributed by atoms with Crippen molar-refractivity contribution >= 4 is 32.4 Å². The number of rotatable bonds is 7. The molecule has 5 rings (SSSR count). The lowest BCUT2D eigenvalue weighted by Crippen LogP contribution is -2.43. The number of benzene rings is 3. The molecule has 1 atom stereocenters. The van der Waals surface area contributed by atoms with Crippen LogP contribution in [0.2, 0.25) is 0 Å². The monoisotopic (exact) mass is 519 g/mol. The van der Waals surface area contributed by atoms with Gasteiger partial charge in [-0.05, 0) is 48.2 Å². The van der Waals surface area contributed by atoms with Crippen LogP contribution in [0.1, 0.15) is 12.8 Å². The lowest BCUT2D eigenvalue weighted by Gasteiger charge is -2.23. The van der Waals surface area contributed by atoms with Crippen LogP contribution in [0.3, 0.4) is 0 Å². The molecule has 1 amide bonds. The van der Waals surface area contributed by atoms with Crippen molar-refractivity contribution in [3.05, 3.63) is 84.2 Å². The molecule has 184 valence electrons. The summed E-state index contributed by atoms with van der Waals surface area (Å²) < 4.78 is 32.8. The molecule has 1 aliphatic rings. The predicted octanol–water partition coefficient (Wildman–Crippen LogP) is 5.28. The van der Waals surface area contributed by atoms with Gasteiger partial charge in [0, 0.05) is 17.5 Å². The average Bonchev–Trinajstić information content (AvgIpc) is 3.60. The molecule has 4 aromatic rings. The van der Waals surface area contributed by atoms with E-state index < -0.39 is 16.1 Å². The van der Waals surface area contributed by atoms with Crippen LogP contribution >= 0.6 is 11.3 Å². The number of carbonyl (C=O) groups is 1. The first kappa shape index (κ1) is 24.2. The molecule has 1 N–H and O–H groups in total. The second-order valence-electron chi connectivity index (χ2n) is 8.42. The normalized spacial score (nSPS) is 16.1. The minimum absolute atomic E-state index is 0.137. The highest BCUT2D eigenvalue weighted by Crippen LogP contribution is 2.30. The summed E-state index contributed by atoms with van der Waals surface area (Å²) in [6.45, 7) is 0.295. The van der Waals surface area contributed by atoms with Crippen LogP contribution in [-0.4, -0.2) is 43.3 Å². The lowest BCUT2D eigenvalue weighted by atomic mass is 10.0. The third-order valence-corrected chi connectivity index (χ3v) is 8.87. The van der Waals surface area contributed by atoms with E-state index in [1.54, 1.807) is 12.1 Å². The molecular formula is C27H25N3O4S2. The van der Waals surface area contributed by atoms with Gasteiger partial charge in [-0.2, -0.15) is 4.31 Å². The van der Waals surface area contributed by atoms with Crippen molar-refractivity contribution in [3.8, 4) is 28.1 Å². The van der Waals surface area contributed by atoms with E-state index in [-0.39, 0.29) is 10.8 Å². The van der Waals surface area contributed by atoms with Crippen LogP contribution in [0.15, 0.2) is 89.1 Å². The maximum atomic E-state index is 13.2. The largest absolute Gasteiger partial charge is 0.497 e. The van der Waals surface area contributed by atoms with Crippen LogP contribution in [0.25, 0.3) is 22.4 Å². The SMILES string of the molecule is COc1ccc(S(=O)(=O)N2CCCC2C(=O)Nc2nc(-c3ccc(-c4ccccc4)cc3)cs2)cc1. The summed E-state index contributed by atoms with van der Waals surface area (Å²) >= 11 is 1.32. The standard InChI is InChI=1S/C27H25N3O4S2/c1-34-22-13-15-23(16-14-22)36(32,33)30-17-5-8-25(30)26(31)29-27-28-24(18-35-27)21-11-9-20(10-12-21)19-6-3-2-4-7-19/h2-4,6-7,9-16,18,25H,5,8,17H2,1H3,(H,28,29,31). The molecule has 0 saturated carbocycles. The van der Waals surface area contributed by atoms with E-state index in [2.05, 4.69) is 22.4 Å². The summed E-state index contributed by atoms with van der Waals surface area (Å²) in [5, 5.41) is 5.15. The molecule has 0 spiro atoms. The van der Waals surface area contributed by atoms with E-state index in [4.69, 9.17) is 4.74 Å². The van der Waals surface area contributed by atoms with E-state index in [0.717, 1.165) is 22.4 Å². The van der Waals surface area contributed by atoms with Crippen LogP contribution in [0, 0.1) is 0 Å². The van der Waals surface area contributed by atoms with Crippen molar-refractivity contribution in [1.82, 2.24) is 9.29 Å². The molecule has 0 bridgehead atoms. The fourth-order valence-corrected chi connectivity index (χ4v) is 6.67. The van der Waals surface area contributed by atoms with E-state index in [1.165, 1.54) is 34.9 Å². The number of amides is 1. The fourth-order valence-electron chi connectivity index (χ4n) is 4.29. The number of methoxy groups -OCH3 is 1. The van der Waals surface area contributed by atoms with Crippen molar-refractivity contribution in [1.29, 1.82) is 0 Å². The maximum Gasteiger partial charge on any atom is 0.244 e. The van der Waals surface area contributed by atoms with Gasteiger partial charge < -0.3 is 10.1 Å². The predicted molar refractivity (Wildman–Crippen MR) is 142 cm³/mol. The average molecular weight is 520 g/mol. The van der Waals surface area contributed by atoms with Crippen LogP contribution in [-0.2, 0) is 14.8 Å². The fraction of sp³-hybridized carbons (Fsp3) is 0.185. The number of nitrogens with zero attached hydrogens (tertiary/aromatic N) is 2. The second kappa shape index (κ2) is 10.2. The molecule has 3 aromatic carbocycles. The Kier molecular flexibility index (Phi) is 6.86. The molecule has 1 fully saturated rings. The third-order valence-electron chi connectivity index (χ3n) is 6.19. The number of carbonyl (C=O) groups excluding carboxylic acids is 1. The van der Waals surface area contributed by atoms with Gasteiger partial charge in [0.15, 0.2) is 5.13 Å². The van der Waals surface area contributed by atoms with Gasteiger partial charge in [-0.15, -0.1) is 11.3 Å². The van der Waals surface area contributed by atoms with E-state index in [0.29, 0.717) is 30.3 Å². The van der Waals surface area contributed by atoms with Gasteiger partial charge in [0.2, 0.25) is 15.9 Å². The van der Waals surface area contributed by atoms with Gasteiger partial charge in [-0.25, -0.2) is 13.4 Å². The summed E-state index contributed by atoms with van der Waals surface area (Å²) in [6.07, 6.45) is 1.07. The van der Waals surface area contributed by atoms with E-state index >= 15 is 0 Å². The Bertz CT molecular complexity index is 1450. The summed E-state index contributed by atoms with van der Waals surface area (Å²) in [6, 6.07) is 23.6. The van der Waals surface area contributed by atoms with Crippen LogP contribution < -0.4 is 10.1 Å². The first-order chi connectivity index (χ1) is 17.5. The number of hydrogen-bond donors (Lipinski definition) is 1. The van der Waals surface area contributed by atoms with Crippen molar-refractivity contribution in [3.63, 3.8) is 0 Å². The van der Waals surface area contributed by atoms with Crippen LogP contribution in [0.5, 0.6) is 5.75 Å². The quantitative estimate of drug-likeness (QED) is 0.359. The number of anilines is 1. The Morgan fingerprint density at radius 2 is 1.64 bits per heavy atom. The number of nitrogens with one attached hydrogen (secondary N) is 1. The topological polar surface area (TPSA) is 88.6 Å². The number of aromatic nitrogens is 1. The molecular weight excluding hydrogens is 494 g/mol. The highest BCUT2D eigenvalue weighted by atomic mass is 32.2. The zero-order chi connectivity index (χ0) is 25.1. The zero-order valence-electron chi connectivity index (χ0n) is 19.6. The highest BCUT2D eigenvalue weighted by Gasteiger charge is 2.39. The Balaban J connectivity index is 1.28. The summed E-state index contributed by atoms with van der Waals surface area (Å²) in [7, 11) is -2.29. The van der Waals surface area contributed by atoms with Gasteiger partial charge in [0.25, 0.3) is 0 Å². The molecule has 1 unspecified atom stereocenters. The first-order valence-electron chi connectivity index (χ1n) is 11.5. The minimum Gasteiger partial charge on any atom is -0.497 e. The first-order valence-corrected chi connectivity index (χ1v) is 13.9. The second-order valence-corrected chi connectivity index (χ2v) is 11.2. The number of thiazole rings is 1. The van der Waals surface area contributed by atoms with E-state index in [9.17, 15) is 13.2 Å². The van der Waals surface area contributed by atoms with Gasteiger partial charge >= 0.3 is 0 Å². The molecule has 9 heteroatoms. The summed E-state index contributed by atoms with van der Waals surface area (Å²) in [5.41, 5.74) is 3.95. The van der Waals surface area contributed by atoms with Crippen LogP contribution in [0.4, 0.5) is 5.13 Å². The van der Waals surface area contributed by atoms with Crippen molar-refractivity contribution in [2.75, 3.05) is 19.0 Å². The van der Waals surface area contributed by atoms with Crippen molar-refractivity contribution in [2.24, 2.45) is 0 Å². The third kappa shape index (κ3) is 4.90. The van der Waals surface area contributed by atoms with Gasteiger partial charge in [0.1, 0.15) is 11.8 Å². The number of hydrogen-bond acceptors (Lipinski definition) is 6. The zero-order valence-corrected chi connectivity index (χ0v) is 21.3. The molecule has 0 aliphatic carbocycles. The molecule has 36 heavy (non-hydrogen) atoms. The summed E-state index contributed by atoms with van der Waals surface area (Å²) in [4.78, 5) is 17.8. The molecule has 7 nitrogen and oxygen atoms in total. The minimum atomic E-state index is -3.82. The highest BCUT2D eigenvalue weighted by molar-refractivity contribution is 7.89. The molecule has 1 saturated heterocycles. The van der Waals surface area contributed by atoms with E-state index in [1.807, 2.05) is 47.8 Å². The maximum absolute atomic E-state index is 13.2. The Labute approximate surface area is 214 Å². The molecule has 1 aliphatic heterocycles.